The molecule has 0 saturated carbocycles. The second-order valence-electron chi connectivity index (χ2n) is 9.36. The SMILES string of the molecule is CN(C)c1nc(CCC(=O)[C@@H]2CCN2S(=O)(=O)c2cc3ccccc3o2)cc(-c2ccc(C(F)(F)F)nc2)n1. The van der Waals surface area contributed by atoms with Gasteiger partial charge in [0.05, 0.1) is 11.7 Å². The van der Waals surface area contributed by atoms with Gasteiger partial charge in [0.25, 0.3) is 10.0 Å². The van der Waals surface area contributed by atoms with E-state index in [4.69, 9.17) is 4.42 Å². The van der Waals surface area contributed by atoms with Crippen LogP contribution in [0.1, 0.15) is 24.2 Å². The maximum absolute atomic E-state index is 13.2. The third kappa shape index (κ3) is 5.36. The summed E-state index contributed by atoms with van der Waals surface area (Å²) in [6.07, 6.45) is -2.86. The number of carbonyl (C=O) groups excluding carboxylic acids is 1. The highest BCUT2D eigenvalue weighted by Crippen LogP contribution is 2.32. The van der Waals surface area contributed by atoms with Crippen LogP contribution in [0.15, 0.2) is 64.2 Å². The standard InChI is InChI=1S/C26H24F3N5O4S/c1-33(2)25-31-18(14-19(32-25)17-7-10-23(30-15-17)26(27,28)29)8-9-21(35)20-11-12-34(20)39(36,37)24-13-16-5-3-4-6-22(16)38-24/h3-7,10,13-15,20H,8-9,11-12H2,1-2H3/t20-/m0/s1. The third-order valence-electron chi connectivity index (χ3n) is 6.45. The average molecular weight is 560 g/mol. The molecule has 1 aromatic carbocycles. The summed E-state index contributed by atoms with van der Waals surface area (Å²) in [6.45, 7) is 0.207. The molecule has 13 heteroatoms. The van der Waals surface area contributed by atoms with Gasteiger partial charge in [0.15, 0.2) is 5.78 Å². The number of hydrogen-bond acceptors (Lipinski definition) is 8. The van der Waals surface area contributed by atoms with Gasteiger partial charge in [-0.25, -0.2) is 18.4 Å². The molecule has 4 heterocycles. The minimum absolute atomic E-state index is 0.0192. The molecule has 204 valence electrons. The number of Topliss-reactive ketones (excluding diaryl/α,β-unsaturated/α-hetero) is 1. The van der Waals surface area contributed by atoms with E-state index in [1.807, 2.05) is 0 Å². The Balaban J connectivity index is 1.32. The van der Waals surface area contributed by atoms with Crippen LogP contribution < -0.4 is 4.90 Å². The first kappa shape index (κ1) is 26.8. The van der Waals surface area contributed by atoms with Crippen molar-refractivity contribution in [2.24, 2.45) is 0 Å². The van der Waals surface area contributed by atoms with Crippen molar-refractivity contribution in [1.29, 1.82) is 0 Å². The number of halogens is 3. The molecular weight excluding hydrogens is 535 g/mol. The molecule has 1 aliphatic rings. The van der Waals surface area contributed by atoms with Gasteiger partial charge in [0.2, 0.25) is 11.0 Å². The number of benzene rings is 1. The number of hydrogen-bond donors (Lipinski definition) is 0. The lowest BCUT2D eigenvalue weighted by atomic mass is 9.98. The molecule has 1 atom stereocenters. The maximum Gasteiger partial charge on any atom is 0.433 e. The number of aryl methyl sites for hydroxylation is 1. The van der Waals surface area contributed by atoms with Crippen molar-refractivity contribution in [3.63, 3.8) is 0 Å². The van der Waals surface area contributed by atoms with Crippen LogP contribution in [0.25, 0.3) is 22.2 Å². The van der Waals surface area contributed by atoms with Crippen LogP contribution in [0.3, 0.4) is 0 Å². The van der Waals surface area contributed by atoms with Crippen molar-refractivity contribution in [3.05, 3.63) is 66.1 Å². The Kier molecular flexibility index (Phi) is 6.89. The summed E-state index contributed by atoms with van der Waals surface area (Å²) in [5, 5.41) is 0.446. The predicted octanol–water partition coefficient (Wildman–Crippen LogP) is 4.33. The number of alkyl halides is 3. The summed E-state index contributed by atoms with van der Waals surface area (Å²) in [7, 11) is -0.557. The van der Waals surface area contributed by atoms with E-state index in [-0.39, 0.29) is 30.3 Å². The minimum Gasteiger partial charge on any atom is -0.443 e. The summed E-state index contributed by atoms with van der Waals surface area (Å²) in [6, 6.07) is 11.3. The van der Waals surface area contributed by atoms with E-state index >= 15 is 0 Å². The molecule has 39 heavy (non-hydrogen) atoms. The van der Waals surface area contributed by atoms with Crippen LogP contribution in [0, 0.1) is 0 Å². The van der Waals surface area contributed by atoms with Gasteiger partial charge in [0.1, 0.15) is 11.3 Å². The van der Waals surface area contributed by atoms with Crippen LogP contribution in [0.2, 0.25) is 0 Å². The summed E-state index contributed by atoms with van der Waals surface area (Å²) in [5.74, 6) is 0.0521. The zero-order valence-electron chi connectivity index (χ0n) is 21.0. The first-order valence-corrected chi connectivity index (χ1v) is 13.5. The van der Waals surface area contributed by atoms with Gasteiger partial charge < -0.3 is 9.32 Å². The number of ketones is 1. The highest BCUT2D eigenvalue weighted by molar-refractivity contribution is 7.89. The van der Waals surface area contributed by atoms with E-state index in [2.05, 4.69) is 15.0 Å². The topological polar surface area (TPSA) is 110 Å². The minimum atomic E-state index is -4.56. The first-order valence-electron chi connectivity index (χ1n) is 12.1. The van der Waals surface area contributed by atoms with Gasteiger partial charge >= 0.3 is 6.18 Å². The van der Waals surface area contributed by atoms with Crippen molar-refractivity contribution in [1.82, 2.24) is 19.3 Å². The molecule has 1 saturated heterocycles. The second-order valence-corrected chi connectivity index (χ2v) is 11.2. The summed E-state index contributed by atoms with van der Waals surface area (Å²) in [4.78, 5) is 27.0. The van der Waals surface area contributed by atoms with Crippen molar-refractivity contribution in [2.45, 2.75) is 36.6 Å². The largest absolute Gasteiger partial charge is 0.443 e. The number of aromatic nitrogens is 3. The molecule has 5 rings (SSSR count). The van der Waals surface area contributed by atoms with Crippen molar-refractivity contribution in [2.75, 3.05) is 25.5 Å². The van der Waals surface area contributed by atoms with Gasteiger partial charge in [-0.15, -0.1) is 0 Å². The molecule has 0 unspecified atom stereocenters. The van der Waals surface area contributed by atoms with Crippen LogP contribution in [0.4, 0.5) is 19.1 Å². The Morgan fingerprint density at radius 2 is 1.90 bits per heavy atom. The summed E-state index contributed by atoms with van der Waals surface area (Å²) < 4.78 is 71.7. The molecule has 0 aliphatic carbocycles. The molecule has 4 aromatic rings. The Morgan fingerprint density at radius 1 is 1.13 bits per heavy atom. The fourth-order valence-electron chi connectivity index (χ4n) is 4.26. The highest BCUT2D eigenvalue weighted by atomic mass is 32.2. The number of fused-ring (bicyclic) bond motifs is 1. The Hall–Kier alpha value is -3.84. The number of anilines is 1. The number of pyridine rings is 1. The number of furan rings is 1. The fraction of sp³-hybridized carbons (Fsp3) is 0.308. The Bertz CT molecular complexity index is 1600. The Labute approximate surface area is 222 Å². The fourth-order valence-corrected chi connectivity index (χ4v) is 5.87. The lowest BCUT2D eigenvalue weighted by Crippen LogP contribution is -2.54. The van der Waals surface area contributed by atoms with Crippen molar-refractivity contribution in [3.8, 4) is 11.3 Å². The number of nitrogens with zero attached hydrogens (tertiary/aromatic N) is 5. The van der Waals surface area contributed by atoms with E-state index in [0.717, 1.165) is 16.6 Å². The number of rotatable bonds is 8. The number of para-hydroxylation sites is 1. The van der Waals surface area contributed by atoms with Crippen molar-refractivity contribution >= 4 is 32.7 Å². The van der Waals surface area contributed by atoms with Gasteiger partial charge in [-0.05, 0) is 37.1 Å². The van der Waals surface area contributed by atoms with Crippen LogP contribution >= 0.6 is 0 Å². The third-order valence-corrected chi connectivity index (χ3v) is 8.22. The van der Waals surface area contributed by atoms with E-state index in [0.29, 0.717) is 40.3 Å². The first-order chi connectivity index (χ1) is 18.4. The lowest BCUT2D eigenvalue weighted by molar-refractivity contribution is -0.141. The quantitative estimate of drug-likeness (QED) is 0.314. The van der Waals surface area contributed by atoms with Gasteiger partial charge in [-0.2, -0.15) is 17.5 Å². The molecule has 0 N–H and O–H groups in total. The molecule has 1 aliphatic heterocycles. The van der Waals surface area contributed by atoms with Crippen LogP contribution in [-0.2, 0) is 27.4 Å². The normalized spacial score (nSPS) is 16.3. The molecule has 0 spiro atoms. The van der Waals surface area contributed by atoms with E-state index in [1.54, 1.807) is 49.3 Å². The van der Waals surface area contributed by atoms with Gasteiger partial charge in [0, 0.05) is 56.0 Å². The van der Waals surface area contributed by atoms with Crippen LogP contribution in [0.5, 0.6) is 0 Å². The van der Waals surface area contributed by atoms with Crippen LogP contribution in [-0.4, -0.2) is 60.1 Å². The zero-order valence-corrected chi connectivity index (χ0v) is 21.8. The molecule has 3 aromatic heterocycles. The highest BCUT2D eigenvalue weighted by Gasteiger charge is 2.43. The summed E-state index contributed by atoms with van der Waals surface area (Å²) >= 11 is 0. The molecule has 1 fully saturated rings. The number of carbonyl (C=O) groups is 1. The smallest absolute Gasteiger partial charge is 0.433 e. The van der Waals surface area contributed by atoms with E-state index < -0.39 is 27.9 Å². The molecule has 0 radical (unpaired) electrons. The number of sulfonamides is 1. The maximum atomic E-state index is 13.2. The molecular formula is C26H24F3N5O4S. The predicted molar refractivity (Wildman–Crippen MR) is 136 cm³/mol. The molecule has 0 bridgehead atoms. The van der Waals surface area contributed by atoms with E-state index in [1.165, 1.54) is 12.1 Å². The summed E-state index contributed by atoms with van der Waals surface area (Å²) in [5.41, 5.74) is 0.641. The monoisotopic (exact) mass is 559 g/mol. The Morgan fingerprint density at radius 3 is 2.51 bits per heavy atom. The second kappa shape index (κ2) is 10.0. The average Bonchev–Trinajstić information content (AvgIpc) is 3.31. The molecule has 9 nitrogen and oxygen atoms in total. The van der Waals surface area contributed by atoms with Gasteiger partial charge in [-0.3, -0.25) is 9.78 Å². The zero-order chi connectivity index (χ0) is 27.9. The van der Waals surface area contributed by atoms with Gasteiger partial charge in [-0.1, -0.05) is 18.2 Å². The van der Waals surface area contributed by atoms with E-state index in [9.17, 15) is 26.4 Å². The molecule has 0 amide bonds. The van der Waals surface area contributed by atoms with Crippen molar-refractivity contribution < 1.29 is 30.8 Å². The lowest BCUT2D eigenvalue weighted by Gasteiger charge is -2.37.